The van der Waals surface area contributed by atoms with Gasteiger partial charge in [-0.1, -0.05) is 12.1 Å². The topological polar surface area (TPSA) is 89.7 Å². The number of benzene rings is 1. The van der Waals surface area contributed by atoms with Crippen molar-refractivity contribution in [3.05, 3.63) is 57.8 Å². The molecule has 5 heteroatoms. The van der Waals surface area contributed by atoms with Gasteiger partial charge in [0, 0.05) is 25.3 Å². The lowest BCUT2D eigenvalue weighted by Gasteiger charge is -2.13. The van der Waals surface area contributed by atoms with E-state index in [4.69, 9.17) is 5.73 Å². The summed E-state index contributed by atoms with van der Waals surface area (Å²) in [5.41, 5.74) is 12.8. The van der Waals surface area contributed by atoms with Crippen molar-refractivity contribution in [2.45, 2.75) is 13.8 Å². The summed E-state index contributed by atoms with van der Waals surface area (Å²) in [6, 6.07) is 12.5. The molecule has 1 aromatic heterocycles. The molecule has 3 rings (SSSR count). The minimum atomic E-state index is 0.167. The molecule has 0 radical (unpaired) electrons. The summed E-state index contributed by atoms with van der Waals surface area (Å²) < 4.78 is 0. The lowest BCUT2D eigenvalue weighted by Crippen LogP contribution is -2.07. The van der Waals surface area contributed by atoms with Crippen molar-refractivity contribution in [2.24, 2.45) is 0 Å². The first-order valence-electron chi connectivity index (χ1n) is 8.20. The zero-order valence-corrected chi connectivity index (χ0v) is 15.3. The van der Waals surface area contributed by atoms with Gasteiger partial charge in [0.2, 0.25) is 0 Å². The Hall–Kier alpha value is -3.57. The molecule has 0 bridgehead atoms. The third kappa shape index (κ3) is 2.60. The van der Waals surface area contributed by atoms with Crippen LogP contribution in [0.5, 0.6) is 0 Å². The molecule has 2 aromatic rings. The average Bonchev–Trinajstić information content (AvgIpc) is 2.87. The number of pyridine rings is 1. The summed E-state index contributed by atoms with van der Waals surface area (Å²) in [6.45, 7) is 3.76. The summed E-state index contributed by atoms with van der Waals surface area (Å²) in [6.07, 6.45) is 2.03. The van der Waals surface area contributed by atoms with Gasteiger partial charge in [-0.2, -0.15) is 10.5 Å². The number of hydrogen-bond acceptors (Lipinski definition) is 5. The maximum Gasteiger partial charge on any atom is 0.142 e. The van der Waals surface area contributed by atoms with Crippen LogP contribution < -0.4 is 10.6 Å². The maximum atomic E-state index is 9.59. The molecule has 0 spiro atoms. The van der Waals surface area contributed by atoms with Crippen LogP contribution in [0, 0.1) is 29.6 Å². The molecule has 1 aromatic carbocycles. The molecule has 1 heterocycles. The molecule has 0 aliphatic heterocycles. The molecule has 5 nitrogen and oxygen atoms in total. The van der Waals surface area contributed by atoms with Crippen molar-refractivity contribution in [3.63, 3.8) is 0 Å². The molecule has 128 valence electrons. The smallest absolute Gasteiger partial charge is 0.142 e. The zero-order valence-electron chi connectivity index (χ0n) is 15.3. The Morgan fingerprint density at radius 2 is 1.73 bits per heavy atom. The van der Waals surface area contributed by atoms with E-state index in [1.807, 2.05) is 63.2 Å². The van der Waals surface area contributed by atoms with Crippen LogP contribution in [0.4, 0.5) is 11.5 Å². The summed E-state index contributed by atoms with van der Waals surface area (Å²) in [5.74, 6) is 0.167. The number of nitrogens with two attached hydrogens (primary N) is 1. The molecule has 2 N–H and O–H groups in total. The normalized spacial score (nSPS) is 14.2. The monoisotopic (exact) mass is 341 g/mol. The van der Waals surface area contributed by atoms with Crippen LogP contribution in [0.3, 0.4) is 0 Å². The summed E-state index contributed by atoms with van der Waals surface area (Å²) >= 11 is 0. The van der Waals surface area contributed by atoms with E-state index in [2.05, 4.69) is 17.1 Å². The van der Waals surface area contributed by atoms with Crippen molar-refractivity contribution in [1.82, 2.24) is 4.98 Å². The number of hydrogen-bond donors (Lipinski definition) is 1. The number of rotatable bonds is 2. The van der Waals surface area contributed by atoms with Gasteiger partial charge in [-0.15, -0.1) is 0 Å². The van der Waals surface area contributed by atoms with E-state index < -0.39 is 0 Å². The highest BCUT2D eigenvalue weighted by Gasteiger charge is 2.29. The lowest BCUT2D eigenvalue weighted by molar-refractivity contribution is 1.13. The number of fused-ring (bicyclic) bond motifs is 1. The first-order chi connectivity index (χ1) is 12.4. The van der Waals surface area contributed by atoms with Gasteiger partial charge in [-0.3, -0.25) is 0 Å². The van der Waals surface area contributed by atoms with Crippen molar-refractivity contribution < 1.29 is 0 Å². The molecule has 0 saturated heterocycles. The van der Waals surface area contributed by atoms with Gasteiger partial charge in [0.25, 0.3) is 0 Å². The second-order valence-electron chi connectivity index (χ2n) is 6.49. The van der Waals surface area contributed by atoms with Crippen molar-refractivity contribution in [2.75, 3.05) is 24.7 Å². The summed E-state index contributed by atoms with van der Waals surface area (Å²) in [4.78, 5) is 6.38. The van der Waals surface area contributed by atoms with Crippen LogP contribution in [0.1, 0.15) is 34.9 Å². The second-order valence-corrected chi connectivity index (χ2v) is 6.49. The van der Waals surface area contributed by atoms with E-state index in [1.165, 1.54) is 0 Å². The van der Waals surface area contributed by atoms with Crippen molar-refractivity contribution in [3.8, 4) is 12.1 Å². The number of nitrogen functional groups attached to an aromatic ring is 1. The highest BCUT2D eigenvalue weighted by molar-refractivity contribution is 6.08. The Balaban J connectivity index is 2.23. The fraction of sp³-hybridized carbons (Fsp3) is 0.190. The van der Waals surface area contributed by atoms with Crippen LogP contribution >= 0.6 is 0 Å². The molecule has 0 fully saturated rings. The number of anilines is 2. The molecular weight excluding hydrogens is 322 g/mol. The van der Waals surface area contributed by atoms with Crippen LogP contribution in [0.2, 0.25) is 0 Å². The molecule has 0 amide bonds. The molecule has 0 atom stereocenters. The van der Waals surface area contributed by atoms with Gasteiger partial charge in [-0.05, 0) is 54.3 Å². The van der Waals surface area contributed by atoms with E-state index in [0.29, 0.717) is 16.8 Å². The van der Waals surface area contributed by atoms with E-state index in [-0.39, 0.29) is 5.82 Å². The van der Waals surface area contributed by atoms with E-state index in [1.54, 1.807) is 0 Å². The van der Waals surface area contributed by atoms with Crippen LogP contribution in [-0.4, -0.2) is 19.1 Å². The SMILES string of the molecule is CC1=C(C#N)c2nc(N)c(C#N)c(C)c2/C1=C\c1ccc(N(C)C)cc1. The summed E-state index contributed by atoms with van der Waals surface area (Å²) in [5, 5.41) is 19.0. The van der Waals surface area contributed by atoms with Gasteiger partial charge in [0.15, 0.2) is 0 Å². The number of nitriles is 2. The van der Waals surface area contributed by atoms with E-state index >= 15 is 0 Å². The summed E-state index contributed by atoms with van der Waals surface area (Å²) in [7, 11) is 3.99. The Labute approximate surface area is 153 Å². The maximum absolute atomic E-state index is 9.59. The van der Waals surface area contributed by atoms with E-state index in [9.17, 15) is 10.5 Å². The third-order valence-electron chi connectivity index (χ3n) is 4.70. The standard InChI is InChI=1S/C21H19N5/c1-12-16(9-14-5-7-15(8-6-14)26(3)4)19-13(2)18(11-23)21(24)25-20(19)17(12)10-22/h5-9H,1-4H3,(H2,24,25)/b16-9-. The molecule has 26 heavy (non-hydrogen) atoms. The highest BCUT2D eigenvalue weighted by atomic mass is 15.1. The molecular formula is C21H19N5. The van der Waals surface area contributed by atoms with Crippen LogP contribution in [-0.2, 0) is 0 Å². The third-order valence-corrected chi connectivity index (χ3v) is 4.70. The Bertz CT molecular complexity index is 1040. The van der Waals surface area contributed by atoms with Gasteiger partial charge in [0.1, 0.15) is 18.0 Å². The predicted octanol–water partition coefficient (Wildman–Crippen LogP) is 3.76. The number of aromatic nitrogens is 1. The number of allylic oxidation sites excluding steroid dienone is 3. The first-order valence-corrected chi connectivity index (χ1v) is 8.20. The fourth-order valence-electron chi connectivity index (χ4n) is 3.23. The van der Waals surface area contributed by atoms with Crippen LogP contribution in [0.25, 0.3) is 17.2 Å². The second kappa shape index (κ2) is 6.38. The average molecular weight is 341 g/mol. The van der Waals surface area contributed by atoms with Gasteiger partial charge < -0.3 is 10.6 Å². The minimum absolute atomic E-state index is 0.167. The first kappa shape index (κ1) is 17.3. The molecule has 0 saturated carbocycles. The van der Waals surface area contributed by atoms with Crippen LogP contribution in [0.15, 0.2) is 29.8 Å². The largest absolute Gasteiger partial charge is 0.383 e. The van der Waals surface area contributed by atoms with Gasteiger partial charge in [0.05, 0.1) is 16.8 Å². The van der Waals surface area contributed by atoms with Crippen molar-refractivity contribution in [1.29, 1.82) is 10.5 Å². The molecule has 0 unspecified atom stereocenters. The Kier molecular flexibility index (Phi) is 4.24. The van der Waals surface area contributed by atoms with Crippen molar-refractivity contribution >= 4 is 28.7 Å². The Morgan fingerprint density at radius 3 is 2.27 bits per heavy atom. The minimum Gasteiger partial charge on any atom is -0.383 e. The number of nitrogens with zero attached hydrogens (tertiary/aromatic N) is 4. The lowest BCUT2D eigenvalue weighted by atomic mass is 9.95. The Morgan fingerprint density at radius 1 is 1.08 bits per heavy atom. The molecule has 1 aliphatic carbocycles. The van der Waals surface area contributed by atoms with Gasteiger partial charge >= 0.3 is 0 Å². The highest BCUT2D eigenvalue weighted by Crippen LogP contribution is 2.44. The predicted molar refractivity (Wildman–Crippen MR) is 105 cm³/mol. The zero-order chi connectivity index (χ0) is 19.0. The van der Waals surface area contributed by atoms with Gasteiger partial charge in [-0.25, -0.2) is 4.98 Å². The quantitative estimate of drug-likeness (QED) is 0.898. The fourth-order valence-corrected chi connectivity index (χ4v) is 3.23. The van der Waals surface area contributed by atoms with E-state index in [0.717, 1.165) is 33.5 Å². The molecule has 1 aliphatic rings.